The van der Waals surface area contributed by atoms with Crippen molar-refractivity contribution >= 4 is 23.6 Å². The second-order valence-electron chi connectivity index (χ2n) is 8.54. The summed E-state index contributed by atoms with van der Waals surface area (Å²) in [5.74, 6) is -0.770. The molecule has 0 bridgehead atoms. The second-order valence-corrected chi connectivity index (χ2v) is 8.54. The van der Waals surface area contributed by atoms with Gasteiger partial charge in [-0.05, 0) is 24.3 Å². The summed E-state index contributed by atoms with van der Waals surface area (Å²) in [6, 6.07) is 12.5. The predicted octanol–water partition coefficient (Wildman–Crippen LogP) is 2.02. The lowest BCUT2D eigenvalue weighted by molar-refractivity contribution is -0.142. The number of alkyl halides is 2. The Hall–Kier alpha value is -4.09. The van der Waals surface area contributed by atoms with Gasteiger partial charge in [-0.2, -0.15) is 5.10 Å². The van der Waals surface area contributed by atoms with E-state index in [1.54, 1.807) is 54.7 Å². The van der Waals surface area contributed by atoms with E-state index in [0.717, 1.165) is 5.01 Å². The number of hydrogen-bond donors (Lipinski definition) is 2. The molecule has 2 N–H and O–H groups in total. The number of hydrazone groups is 1. The van der Waals surface area contributed by atoms with Crippen LogP contribution in [-0.4, -0.2) is 82.3 Å². The molecule has 0 aliphatic carbocycles. The zero-order chi connectivity index (χ0) is 25.7. The number of carbonyl (C=O) groups is 3. The maximum Gasteiger partial charge on any atom is 0.405 e. The summed E-state index contributed by atoms with van der Waals surface area (Å²) in [7, 11) is 0. The first-order valence-electron chi connectivity index (χ1n) is 11.3. The fourth-order valence-corrected chi connectivity index (χ4v) is 4.48. The monoisotopic (exact) mass is 501 g/mol. The molecule has 3 heterocycles. The molecule has 2 aliphatic rings. The summed E-state index contributed by atoms with van der Waals surface area (Å²) in [5, 5.41) is 16.4. The van der Waals surface area contributed by atoms with Crippen LogP contribution in [0.3, 0.4) is 0 Å². The number of benzene rings is 1. The first-order chi connectivity index (χ1) is 17.3. The number of piperidine rings is 1. The van der Waals surface area contributed by atoms with Crippen molar-refractivity contribution in [3.8, 4) is 5.75 Å². The molecule has 1 aromatic heterocycles. The molecule has 10 nitrogen and oxygen atoms in total. The van der Waals surface area contributed by atoms with Crippen LogP contribution in [0.1, 0.15) is 12.1 Å². The highest BCUT2D eigenvalue weighted by Crippen LogP contribution is 2.38. The van der Waals surface area contributed by atoms with Gasteiger partial charge in [0.2, 0.25) is 5.91 Å². The van der Waals surface area contributed by atoms with Gasteiger partial charge in [0, 0.05) is 37.8 Å². The fourth-order valence-electron chi connectivity index (χ4n) is 4.48. The third kappa shape index (κ3) is 5.42. The van der Waals surface area contributed by atoms with Crippen molar-refractivity contribution in [3.05, 3.63) is 60.4 Å². The molecule has 1 saturated heterocycles. The fraction of sp³-hybridized carbons (Fsp3) is 0.375. The first-order valence-corrected chi connectivity index (χ1v) is 11.3. The van der Waals surface area contributed by atoms with Crippen LogP contribution in [-0.2, 0) is 16.0 Å². The van der Waals surface area contributed by atoms with Crippen molar-refractivity contribution < 1.29 is 33.0 Å². The molecule has 0 radical (unpaired) electrons. The van der Waals surface area contributed by atoms with Crippen LogP contribution in [0.4, 0.5) is 13.6 Å². The molecular formula is C24H25F2N5O5. The number of nitrogens with one attached hydrogen (secondary N) is 1. The smallest absolute Gasteiger partial charge is 0.405 e. The second kappa shape index (κ2) is 10.7. The number of amides is 3. The standard InChI is InChI=1S/C24H25F2N5O5/c25-20(26)13-31-22(33)24(12-16-6-4-5-10-27-16)15-30(11-9-19(24)29-31)21(32)18(28-23(34)35)14-36-17-7-2-1-3-8-17/h1-8,10,18,20,28H,9,11-15H2,(H,34,35)/t18-,24-/m1/s1. The van der Waals surface area contributed by atoms with Crippen molar-refractivity contribution in [2.24, 2.45) is 10.5 Å². The molecule has 190 valence electrons. The number of likely N-dealkylation sites (tertiary alicyclic amines) is 1. The summed E-state index contributed by atoms with van der Waals surface area (Å²) in [6.45, 7) is -1.14. The van der Waals surface area contributed by atoms with Crippen molar-refractivity contribution in [3.63, 3.8) is 0 Å². The number of halogens is 2. The molecule has 1 fully saturated rings. The molecular weight excluding hydrogens is 476 g/mol. The summed E-state index contributed by atoms with van der Waals surface area (Å²) in [4.78, 5) is 43.9. The Kier molecular flexibility index (Phi) is 7.41. The zero-order valence-electron chi connectivity index (χ0n) is 19.2. The van der Waals surface area contributed by atoms with Crippen LogP contribution < -0.4 is 10.1 Å². The van der Waals surface area contributed by atoms with Crippen molar-refractivity contribution in [2.75, 3.05) is 26.2 Å². The van der Waals surface area contributed by atoms with Gasteiger partial charge in [-0.15, -0.1) is 0 Å². The molecule has 0 spiro atoms. The number of rotatable bonds is 9. The van der Waals surface area contributed by atoms with Gasteiger partial charge in [0.25, 0.3) is 12.3 Å². The van der Waals surface area contributed by atoms with E-state index in [1.165, 1.54) is 4.90 Å². The van der Waals surface area contributed by atoms with Gasteiger partial charge in [-0.3, -0.25) is 14.6 Å². The van der Waals surface area contributed by atoms with E-state index in [4.69, 9.17) is 4.74 Å². The van der Waals surface area contributed by atoms with Crippen LogP contribution in [0.5, 0.6) is 5.75 Å². The molecule has 2 aromatic rings. The number of pyridine rings is 1. The summed E-state index contributed by atoms with van der Waals surface area (Å²) in [5.41, 5.74) is -0.420. The highest BCUT2D eigenvalue weighted by atomic mass is 19.3. The molecule has 0 saturated carbocycles. The van der Waals surface area contributed by atoms with E-state index in [9.17, 15) is 28.3 Å². The number of fused-ring (bicyclic) bond motifs is 1. The van der Waals surface area contributed by atoms with Crippen molar-refractivity contribution in [2.45, 2.75) is 25.3 Å². The Labute approximate surface area is 205 Å². The molecule has 1 aromatic carbocycles. The van der Waals surface area contributed by atoms with Gasteiger partial charge in [0.1, 0.15) is 30.4 Å². The van der Waals surface area contributed by atoms with E-state index in [0.29, 0.717) is 17.2 Å². The number of carboxylic acid groups (broad SMARTS) is 1. The van der Waals surface area contributed by atoms with E-state index >= 15 is 0 Å². The first kappa shape index (κ1) is 25.0. The lowest BCUT2D eigenvalue weighted by Crippen LogP contribution is -2.60. The lowest BCUT2D eigenvalue weighted by Gasteiger charge is -2.40. The Bertz CT molecular complexity index is 1130. The predicted molar refractivity (Wildman–Crippen MR) is 124 cm³/mol. The Morgan fingerprint density at radius 2 is 1.92 bits per heavy atom. The van der Waals surface area contributed by atoms with E-state index in [-0.39, 0.29) is 32.5 Å². The van der Waals surface area contributed by atoms with Gasteiger partial charge in [-0.1, -0.05) is 24.3 Å². The van der Waals surface area contributed by atoms with Gasteiger partial charge in [0.05, 0.1) is 5.71 Å². The highest BCUT2D eigenvalue weighted by Gasteiger charge is 2.55. The van der Waals surface area contributed by atoms with E-state index in [1.807, 2.05) is 0 Å². The molecule has 3 amide bonds. The lowest BCUT2D eigenvalue weighted by atomic mass is 9.74. The molecule has 0 unspecified atom stereocenters. The van der Waals surface area contributed by atoms with Crippen molar-refractivity contribution in [1.82, 2.24) is 20.2 Å². The molecule has 2 atom stereocenters. The SMILES string of the molecule is O=C(O)N[C@H](COc1ccccc1)C(=O)N1CCC2=NN(CC(F)F)C(=O)[C@]2(Cc2ccccn2)C1. The zero-order valence-corrected chi connectivity index (χ0v) is 19.2. The summed E-state index contributed by atoms with van der Waals surface area (Å²) in [6.07, 6.45) is -2.40. The van der Waals surface area contributed by atoms with Crippen LogP contribution in [0.2, 0.25) is 0 Å². The largest absolute Gasteiger partial charge is 0.491 e. The molecule has 12 heteroatoms. The van der Waals surface area contributed by atoms with Crippen LogP contribution in [0.15, 0.2) is 59.8 Å². The topological polar surface area (TPSA) is 124 Å². The normalized spacial score (nSPS) is 20.1. The van der Waals surface area contributed by atoms with Crippen LogP contribution in [0, 0.1) is 5.41 Å². The Morgan fingerprint density at radius 1 is 1.17 bits per heavy atom. The van der Waals surface area contributed by atoms with Gasteiger partial charge < -0.3 is 20.1 Å². The third-order valence-corrected chi connectivity index (χ3v) is 6.10. The number of ether oxygens (including phenoxy) is 1. The minimum atomic E-state index is -2.78. The number of carbonyl (C=O) groups excluding carboxylic acids is 2. The number of nitrogens with zero attached hydrogens (tertiary/aromatic N) is 4. The molecule has 2 aliphatic heterocycles. The number of para-hydroxylation sites is 1. The van der Waals surface area contributed by atoms with Crippen molar-refractivity contribution in [1.29, 1.82) is 0 Å². The maximum atomic E-state index is 13.4. The quantitative estimate of drug-likeness (QED) is 0.542. The Morgan fingerprint density at radius 3 is 2.58 bits per heavy atom. The third-order valence-electron chi connectivity index (χ3n) is 6.10. The minimum absolute atomic E-state index is 0.0621. The highest BCUT2D eigenvalue weighted by molar-refractivity contribution is 6.13. The van der Waals surface area contributed by atoms with Gasteiger partial charge in [0.15, 0.2) is 0 Å². The van der Waals surface area contributed by atoms with E-state index in [2.05, 4.69) is 15.4 Å². The summed E-state index contributed by atoms with van der Waals surface area (Å²) >= 11 is 0. The molecule has 4 rings (SSSR count). The van der Waals surface area contributed by atoms with E-state index < -0.39 is 42.3 Å². The minimum Gasteiger partial charge on any atom is -0.491 e. The number of hydrogen-bond acceptors (Lipinski definition) is 6. The van der Waals surface area contributed by atoms with Gasteiger partial charge >= 0.3 is 6.09 Å². The molecule has 36 heavy (non-hydrogen) atoms. The van der Waals surface area contributed by atoms with Crippen LogP contribution in [0.25, 0.3) is 0 Å². The average Bonchev–Trinajstić information content (AvgIpc) is 3.12. The number of aromatic nitrogens is 1. The Balaban J connectivity index is 1.58. The maximum absolute atomic E-state index is 13.4. The van der Waals surface area contributed by atoms with Gasteiger partial charge in [-0.25, -0.2) is 18.6 Å². The van der Waals surface area contributed by atoms with Crippen LogP contribution >= 0.6 is 0 Å². The summed E-state index contributed by atoms with van der Waals surface area (Å²) < 4.78 is 31.9. The average molecular weight is 501 g/mol.